The molecule has 0 saturated carbocycles. The maximum Gasteiger partial charge on any atom is 0.263 e. The smallest absolute Gasteiger partial charge is 0.263 e. The Bertz CT molecular complexity index is 1350. The number of aromatic nitrogens is 5. The van der Waals surface area contributed by atoms with E-state index in [1.165, 1.54) is 0 Å². The molecule has 6 heteroatoms. The van der Waals surface area contributed by atoms with Crippen molar-refractivity contribution in [1.82, 2.24) is 24.3 Å². The van der Waals surface area contributed by atoms with Crippen LogP contribution in [0.4, 0.5) is 0 Å². The normalized spacial score (nSPS) is 11.3. The Kier molecular flexibility index (Phi) is 3.76. The first kappa shape index (κ1) is 16.4. The Balaban J connectivity index is 1.71. The summed E-state index contributed by atoms with van der Waals surface area (Å²) < 4.78 is 3.40. The molecule has 0 saturated heterocycles. The van der Waals surface area contributed by atoms with Gasteiger partial charge in [0.15, 0.2) is 5.65 Å². The lowest BCUT2D eigenvalue weighted by Gasteiger charge is -2.09. The quantitative estimate of drug-likeness (QED) is 0.490. The number of benzene rings is 2. The van der Waals surface area contributed by atoms with Gasteiger partial charge in [0.05, 0.1) is 46.7 Å². The van der Waals surface area contributed by atoms with E-state index in [1.807, 2.05) is 67.6 Å². The van der Waals surface area contributed by atoms with Gasteiger partial charge in [0.2, 0.25) is 0 Å². The van der Waals surface area contributed by atoms with Crippen LogP contribution in [0.15, 0.2) is 78.0 Å². The molecule has 6 nitrogen and oxygen atoms in total. The Labute approximate surface area is 160 Å². The molecule has 2 aromatic carbocycles. The van der Waals surface area contributed by atoms with Crippen LogP contribution in [-0.4, -0.2) is 24.3 Å². The molecule has 0 amide bonds. The second kappa shape index (κ2) is 6.42. The van der Waals surface area contributed by atoms with Crippen molar-refractivity contribution in [1.29, 1.82) is 0 Å². The first-order chi connectivity index (χ1) is 13.7. The van der Waals surface area contributed by atoms with Crippen molar-refractivity contribution in [3.63, 3.8) is 0 Å². The molecule has 0 N–H and O–H groups in total. The molecule has 3 aromatic heterocycles. The molecule has 5 aromatic rings. The maximum atomic E-state index is 13.1. The van der Waals surface area contributed by atoms with Crippen LogP contribution in [0, 0.1) is 6.92 Å². The molecule has 0 bridgehead atoms. The second-order valence-corrected chi connectivity index (χ2v) is 6.71. The van der Waals surface area contributed by atoms with Crippen LogP contribution in [0.1, 0.15) is 11.3 Å². The highest BCUT2D eigenvalue weighted by molar-refractivity contribution is 6.02. The van der Waals surface area contributed by atoms with E-state index in [0.717, 1.165) is 16.6 Å². The van der Waals surface area contributed by atoms with Crippen LogP contribution in [0.5, 0.6) is 0 Å². The monoisotopic (exact) mass is 367 g/mol. The largest absolute Gasteiger partial charge is 0.294 e. The molecule has 0 radical (unpaired) electrons. The van der Waals surface area contributed by atoms with E-state index in [9.17, 15) is 4.79 Å². The fourth-order valence-electron chi connectivity index (χ4n) is 3.50. The molecule has 28 heavy (non-hydrogen) atoms. The number of hydrogen-bond acceptors (Lipinski definition) is 4. The summed E-state index contributed by atoms with van der Waals surface area (Å²) in [6, 6.07) is 19.7. The lowest BCUT2D eigenvalue weighted by molar-refractivity contribution is 0.747. The summed E-state index contributed by atoms with van der Waals surface area (Å²) >= 11 is 0. The standard InChI is InChI=1S/C22H17N5O/c1-15-19-20(23-14-26(22(19)28)13-16-8-4-2-5-9-16)18-12-24-27(21(18)25-15)17-10-6-3-7-11-17/h2-12,14H,13H2,1H3. The fourth-order valence-corrected chi connectivity index (χ4v) is 3.50. The summed E-state index contributed by atoms with van der Waals surface area (Å²) in [5.74, 6) is 0. The van der Waals surface area contributed by atoms with Crippen molar-refractivity contribution in [2.45, 2.75) is 13.5 Å². The van der Waals surface area contributed by atoms with Gasteiger partial charge >= 0.3 is 0 Å². The van der Waals surface area contributed by atoms with Crippen LogP contribution in [0.3, 0.4) is 0 Å². The molecule has 0 fully saturated rings. The van der Waals surface area contributed by atoms with Crippen LogP contribution in [0.25, 0.3) is 27.6 Å². The van der Waals surface area contributed by atoms with Gasteiger partial charge in [-0.15, -0.1) is 0 Å². The van der Waals surface area contributed by atoms with Gasteiger partial charge in [-0.3, -0.25) is 9.36 Å². The lowest BCUT2D eigenvalue weighted by atomic mass is 10.2. The molecule has 5 rings (SSSR count). The van der Waals surface area contributed by atoms with E-state index in [-0.39, 0.29) is 5.56 Å². The van der Waals surface area contributed by atoms with Gasteiger partial charge in [-0.1, -0.05) is 48.5 Å². The van der Waals surface area contributed by atoms with E-state index < -0.39 is 0 Å². The van der Waals surface area contributed by atoms with Crippen LogP contribution >= 0.6 is 0 Å². The van der Waals surface area contributed by atoms with Crippen molar-refractivity contribution in [2.24, 2.45) is 0 Å². The minimum atomic E-state index is -0.0896. The third-order valence-electron chi connectivity index (χ3n) is 4.87. The molecule has 0 atom stereocenters. The molecule has 0 aliphatic carbocycles. The molecule has 0 unspecified atom stereocenters. The van der Waals surface area contributed by atoms with E-state index in [0.29, 0.717) is 28.8 Å². The highest BCUT2D eigenvalue weighted by Gasteiger charge is 2.16. The number of fused-ring (bicyclic) bond motifs is 3. The number of aryl methyl sites for hydroxylation is 1. The van der Waals surface area contributed by atoms with E-state index >= 15 is 0 Å². The predicted molar refractivity (Wildman–Crippen MR) is 109 cm³/mol. The Morgan fingerprint density at radius 2 is 1.68 bits per heavy atom. The molecule has 0 aliphatic rings. The molecule has 0 aliphatic heterocycles. The summed E-state index contributed by atoms with van der Waals surface area (Å²) in [7, 11) is 0. The van der Waals surface area contributed by atoms with Gasteiger partial charge in [-0.05, 0) is 24.6 Å². The molecular weight excluding hydrogens is 350 g/mol. The minimum Gasteiger partial charge on any atom is -0.294 e. The minimum absolute atomic E-state index is 0.0896. The summed E-state index contributed by atoms with van der Waals surface area (Å²) in [6.45, 7) is 2.32. The average Bonchev–Trinajstić information content (AvgIpc) is 3.15. The van der Waals surface area contributed by atoms with Gasteiger partial charge < -0.3 is 0 Å². The number of hydrogen-bond donors (Lipinski definition) is 0. The van der Waals surface area contributed by atoms with Crippen molar-refractivity contribution in [2.75, 3.05) is 0 Å². The van der Waals surface area contributed by atoms with Crippen molar-refractivity contribution in [3.8, 4) is 5.69 Å². The van der Waals surface area contributed by atoms with Crippen molar-refractivity contribution in [3.05, 3.63) is 94.8 Å². The third kappa shape index (κ3) is 2.58. The number of rotatable bonds is 3. The van der Waals surface area contributed by atoms with Gasteiger partial charge in [-0.2, -0.15) is 5.10 Å². The molecule has 136 valence electrons. The van der Waals surface area contributed by atoms with Crippen LogP contribution < -0.4 is 5.56 Å². The molecular formula is C22H17N5O. The van der Waals surface area contributed by atoms with E-state index in [4.69, 9.17) is 4.98 Å². The van der Waals surface area contributed by atoms with Crippen molar-refractivity contribution >= 4 is 21.9 Å². The van der Waals surface area contributed by atoms with Gasteiger partial charge in [0, 0.05) is 0 Å². The SMILES string of the molecule is Cc1nc2c(cnn2-c2ccccc2)c2ncn(Cc3ccccc3)c(=O)c12. The number of nitrogens with zero attached hydrogens (tertiary/aromatic N) is 5. The van der Waals surface area contributed by atoms with Crippen LogP contribution in [-0.2, 0) is 6.54 Å². The summed E-state index contributed by atoms with van der Waals surface area (Å²) in [6.07, 6.45) is 3.33. The Morgan fingerprint density at radius 1 is 0.964 bits per heavy atom. The van der Waals surface area contributed by atoms with Gasteiger partial charge in [0.1, 0.15) is 0 Å². The topological polar surface area (TPSA) is 65.6 Å². The predicted octanol–water partition coefficient (Wildman–Crippen LogP) is 3.49. The zero-order chi connectivity index (χ0) is 19.1. The summed E-state index contributed by atoms with van der Waals surface area (Å²) in [4.78, 5) is 22.4. The number of para-hydroxylation sites is 1. The summed E-state index contributed by atoms with van der Waals surface area (Å²) in [5, 5.41) is 5.79. The van der Waals surface area contributed by atoms with E-state index in [1.54, 1.807) is 21.8 Å². The third-order valence-corrected chi connectivity index (χ3v) is 4.87. The maximum absolute atomic E-state index is 13.1. The zero-order valence-corrected chi connectivity index (χ0v) is 15.3. The second-order valence-electron chi connectivity index (χ2n) is 6.71. The van der Waals surface area contributed by atoms with E-state index in [2.05, 4.69) is 10.1 Å². The zero-order valence-electron chi connectivity index (χ0n) is 15.3. The first-order valence-electron chi connectivity index (χ1n) is 9.05. The van der Waals surface area contributed by atoms with Gasteiger partial charge in [-0.25, -0.2) is 14.6 Å². The van der Waals surface area contributed by atoms with Gasteiger partial charge in [0.25, 0.3) is 5.56 Å². The Hall–Kier alpha value is -3.80. The fraction of sp³-hybridized carbons (Fsp3) is 0.0909. The first-order valence-corrected chi connectivity index (χ1v) is 9.05. The Morgan fingerprint density at radius 3 is 2.43 bits per heavy atom. The number of pyridine rings is 1. The van der Waals surface area contributed by atoms with Crippen LogP contribution in [0.2, 0.25) is 0 Å². The highest BCUT2D eigenvalue weighted by atomic mass is 16.1. The summed E-state index contributed by atoms with van der Waals surface area (Å²) in [5.41, 5.74) is 3.87. The highest BCUT2D eigenvalue weighted by Crippen LogP contribution is 2.24. The van der Waals surface area contributed by atoms with Crippen molar-refractivity contribution < 1.29 is 0 Å². The molecule has 3 heterocycles. The lowest BCUT2D eigenvalue weighted by Crippen LogP contribution is -2.22. The molecule has 0 spiro atoms. The average molecular weight is 367 g/mol.